The maximum absolute atomic E-state index is 9.10. The molecule has 0 aromatic rings. The van der Waals surface area contributed by atoms with E-state index in [1.165, 1.54) is 0 Å². The van der Waals surface area contributed by atoms with Crippen molar-refractivity contribution in [2.24, 2.45) is 0 Å². The van der Waals surface area contributed by atoms with Crippen LogP contribution in [0.5, 0.6) is 0 Å². The van der Waals surface area contributed by atoms with Gasteiger partial charge in [-0.2, -0.15) is 0 Å². The number of carboxylic acids is 2. The van der Waals surface area contributed by atoms with Crippen molar-refractivity contribution in [3.8, 4) is 0 Å². The summed E-state index contributed by atoms with van der Waals surface area (Å²) in [6.07, 6.45) is 0. The Morgan fingerprint density at radius 1 is 0.875 bits per heavy atom. The zero-order chi connectivity index (χ0) is 5.15. The Morgan fingerprint density at radius 2 is 1.00 bits per heavy atom. The minimum Gasteiger partial charge on any atom is -0.473 e. The van der Waals surface area contributed by atoms with Gasteiger partial charge in [0.15, 0.2) is 0 Å². The average molecular weight is 380 g/mol. The molecule has 0 fully saturated rings. The monoisotopic (exact) mass is 380 g/mol. The van der Waals surface area contributed by atoms with E-state index in [4.69, 9.17) is 19.8 Å². The van der Waals surface area contributed by atoms with E-state index in [-0.39, 0.29) is 80.8 Å². The zero-order valence-corrected chi connectivity index (χ0v) is 9.34. The van der Waals surface area contributed by atoms with Crippen LogP contribution < -0.4 is 0 Å². The molecule has 0 heterocycles. The molecule has 44 valence electrons. The SMILES string of the molecule is O=C(O)C(=O)O.[Pm].[Pm]. The molecule has 4 nitrogen and oxygen atoms in total. The van der Waals surface area contributed by atoms with E-state index in [1.54, 1.807) is 0 Å². The van der Waals surface area contributed by atoms with Crippen LogP contribution in [0.3, 0.4) is 0 Å². The summed E-state index contributed by atoms with van der Waals surface area (Å²) in [5, 5.41) is 14.8. The van der Waals surface area contributed by atoms with Gasteiger partial charge in [-0.05, 0) is 0 Å². The first-order valence-corrected chi connectivity index (χ1v) is 1.11. The molecule has 2 radical (unpaired) electrons. The molecule has 0 spiro atoms. The Bertz CT molecular complexity index is 78.0. The van der Waals surface area contributed by atoms with E-state index in [0.29, 0.717) is 0 Å². The van der Waals surface area contributed by atoms with Gasteiger partial charge in [-0.25, -0.2) is 9.59 Å². The van der Waals surface area contributed by atoms with Gasteiger partial charge in [-0.15, -0.1) is 0 Å². The quantitative estimate of drug-likeness (QED) is 0.538. The van der Waals surface area contributed by atoms with Crippen LogP contribution in [-0.4, -0.2) is 22.2 Å². The van der Waals surface area contributed by atoms with Gasteiger partial charge < -0.3 is 10.2 Å². The van der Waals surface area contributed by atoms with E-state index in [2.05, 4.69) is 0 Å². The minimum absolute atomic E-state index is 0. The van der Waals surface area contributed by atoms with E-state index in [9.17, 15) is 0 Å². The van der Waals surface area contributed by atoms with Crippen LogP contribution in [0.25, 0.3) is 0 Å². The number of carboxylic acid groups (broad SMARTS) is 2. The molecule has 0 aromatic heterocycles. The van der Waals surface area contributed by atoms with Gasteiger partial charge in [0.05, 0.1) is 0 Å². The molecule has 2 N–H and O–H groups in total. The Kier molecular flexibility index (Phi) is 17.6. The van der Waals surface area contributed by atoms with Crippen LogP contribution in [0.15, 0.2) is 0 Å². The molecule has 6 heteroatoms. The molecule has 0 aliphatic heterocycles. The second kappa shape index (κ2) is 8.62. The topological polar surface area (TPSA) is 74.6 Å². The maximum Gasteiger partial charge on any atom is 0.414 e. The van der Waals surface area contributed by atoms with Crippen molar-refractivity contribution >= 4 is 11.9 Å². The summed E-state index contributed by atoms with van der Waals surface area (Å²) in [6.45, 7) is 0. The van der Waals surface area contributed by atoms with Gasteiger partial charge in [-0.3, -0.25) is 0 Å². The zero-order valence-electron chi connectivity index (χ0n) is 3.61. The molecule has 0 atom stereocenters. The van der Waals surface area contributed by atoms with E-state index in [1.807, 2.05) is 0 Å². The molecule has 0 unspecified atom stereocenters. The molecule has 0 amide bonds. The van der Waals surface area contributed by atoms with Crippen LogP contribution in [0.1, 0.15) is 0 Å². The number of carbonyl (C=O) groups is 2. The van der Waals surface area contributed by atoms with Crippen molar-refractivity contribution in [2.75, 3.05) is 0 Å². The van der Waals surface area contributed by atoms with Crippen molar-refractivity contribution in [1.29, 1.82) is 0 Å². The molecule has 0 rings (SSSR count). The Labute approximate surface area is 110 Å². The molecule has 0 aliphatic carbocycles. The van der Waals surface area contributed by atoms with E-state index < -0.39 is 11.9 Å². The average Bonchev–Trinajstić information content (AvgIpc) is 1.36. The van der Waals surface area contributed by atoms with Gasteiger partial charge in [0.25, 0.3) is 0 Å². The summed E-state index contributed by atoms with van der Waals surface area (Å²) in [5.41, 5.74) is 0. The molecule has 0 saturated carbocycles. The third-order valence-electron chi connectivity index (χ3n) is 0.183. The summed E-state index contributed by atoms with van der Waals surface area (Å²) in [7, 11) is 0. The summed E-state index contributed by atoms with van der Waals surface area (Å²) >= 11 is 0. The normalized spacial score (nSPS) is 5.50. The fourth-order valence-electron chi connectivity index (χ4n) is 0. The fourth-order valence-corrected chi connectivity index (χ4v) is 0. The van der Waals surface area contributed by atoms with E-state index >= 15 is 0 Å². The largest absolute Gasteiger partial charge is 0.473 e. The van der Waals surface area contributed by atoms with Crippen LogP contribution >= 0.6 is 0 Å². The molecule has 0 aliphatic rings. The maximum atomic E-state index is 9.10. The number of aliphatic carboxylic acids is 2. The van der Waals surface area contributed by atoms with Crippen LogP contribution in [0.2, 0.25) is 0 Å². The van der Waals surface area contributed by atoms with Gasteiger partial charge >= 0.3 is 11.9 Å². The Balaban J connectivity index is -0.000000125. The molecule has 8 heavy (non-hydrogen) atoms. The first-order chi connectivity index (χ1) is 2.64. The minimum atomic E-state index is -1.82. The molecule has 0 saturated heterocycles. The third kappa shape index (κ3) is 10.6. The number of hydrogen-bond donors (Lipinski definition) is 2. The molecular formula is C2H2O4Pm2. The molecule has 0 bridgehead atoms. The third-order valence-corrected chi connectivity index (χ3v) is 0.183. The van der Waals surface area contributed by atoms with Crippen LogP contribution in [-0.2, 0) is 9.59 Å². The van der Waals surface area contributed by atoms with Crippen molar-refractivity contribution in [2.45, 2.75) is 0 Å². The predicted molar refractivity (Wildman–Crippen MR) is 15.3 cm³/mol. The number of rotatable bonds is 0. The second-order valence-electron chi connectivity index (χ2n) is 0.610. The summed E-state index contributed by atoms with van der Waals surface area (Å²) in [4.78, 5) is 18.2. The van der Waals surface area contributed by atoms with Crippen molar-refractivity contribution in [3.05, 3.63) is 0 Å². The Hall–Kier alpha value is 1.62. The van der Waals surface area contributed by atoms with Gasteiger partial charge in [0, 0.05) is 80.8 Å². The van der Waals surface area contributed by atoms with Gasteiger partial charge in [0.2, 0.25) is 0 Å². The fraction of sp³-hybridized carbons (Fsp3) is 0. The first-order valence-electron chi connectivity index (χ1n) is 1.11. The van der Waals surface area contributed by atoms with Gasteiger partial charge in [0.1, 0.15) is 0 Å². The Morgan fingerprint density at radius 3 is 1.00 bits per heavy atom. The predicted octanol–water partition coefficient (Wildman–Crippen LogP) is -0.844. The standard InChI is InChI=1S/C2H2O4.2Pm/c3-1(4)2(5)6;;/h(H,3,4)(H,5,6);;. The first kappa shape index (κ1) is 16.3. The van der Waals surface area contributed by atoms with Crippen LogP contribution in [0, 0.1) is 80.8 Å². The summed E-state index contributed by atoms with van der Waals surface area (Å²) in [5.74, 6) is -3.65. The van der Waals surface area contributed by atoms with Crippen LogP contribution in [0.4, 0.5) is 0 Å². The molecular weight excluding hydrogens is 378 g/mol. The van der Waals surface area contributed by atoms with Crippen molar-refractivity contribution < 1.29 is 101 Å². The van der Waals surface area contributed by atoms with Crippen molar-refractivity contribution in [3.63, 3.8) is 0 Å². The second-order valence-corrected chi connectivity index (χ2v) is 0.610. The summed E-state index contributed by atoms with van der Waals surface area (Å²) in [6, 6.07) is 0. The van der Waals surface area contributed by atoms with E-state index in [0.717, 1.165) is 0 Å². The number of hydrogen-bond acceptors (Lipinski definition) is 2. The summed E-state index contributed by atoms with van der Waals surface area (Å²) < 4.78 is 0. The smallest absolute Gasteiger partial charge is 0.414 e. The van der Waals surface area contributed by atoms with Gasteiger partial charge in [-0.1, -0.05) is 0 Å². The molecule has 0 aromatic carbocycles. The van der Waals surface area contributed by atoms with Crippen molar-refractivity contribution in [1.82, 2.24) is 0 Å².